The molecule has 4 rings (SSSR count). The van der Waals surface area contributed by atoms with Gasteiger partial charge in [0.05, 0.1) is 0 Å². The van der Waals surface area contributed by atoms with Gasteiger partial charge >= 0.3 is 0 Å². The van der Waals surface area contributed by atoms with Gasteiger partial charge in [0.1, 0.15) is 6.04 Å². The van der Waals surface area contributed by atoms with E-state index in [9.17, 15) is 14.4 Å². The molecule has 1 fully saturated rings. The van der Waals surface area contributed by atoms with Crippen LogP contribution in [0.3, 0.4) is 0 Å². The molecule has 1 heterocycles. The monoisotopic (exact) mass is 498 g/mol. The molecule has 1 aliphatic rings. The Kier molecular flexibility index (Phi) is 8.56. The summed E-state index contributed by atoms with van der Waals surface area (Å²) >= 11 is 0. The maximum atomic E-state index is 13.2. The van der Waals surface area contributed by atoms with Gasteiger partial charge in [0.15, 0.2) is 0 Å². The van der Waals surface area contributed by atoms with E-state index in [1.165, 1.54) is 12.8 Å². The molecular weight excluding hydrogens is 464 g/mol. The van der Waals surface area contributed by atoms with Crippen LogP contribution in [0.2, 0.25) is 0 Å². The summed E-state index contributed by atoms with van der Waals surface area (Å²) in [5.41, 5.74) is 3.36. The van der Waals surface area contributed by atoms with Crippen LogP contribution in [0.25, 0.3) is 0 Å². The molecule has 1 aliphatic heterocycles. The standard InChI is InChI=1S/C30H34N4O3/c1-3-21(2)27(30(37)32-25-12-9-13-26(20-25)34-18-7-8-19-34)33-29(36)23-14-16-24(17-15-23)31-28(35)22-10-5-4-6-11-22/h4-6,9-17,20-21,27H,3,7-8,18-19H2,1-2H3,(H,31,35)(H,32,37)(H,33,36). The van der Waals surface area contributed by atoms with Gasteiger partial charge in [0.25, 0.3) is 11.8 Å². The maximum Gasteiger partial charge on any atom is 0.255 e. The molecule has 0 bridgehead atoms. The molecule has 7 heteroatoms. The molecule has 7 nitrogen and oxygen atoms in total. The van der Waals surface area contributed by atoms with Gasteiger partial charge in [-0.05, 0) is 73.4 Å². The van der Waals surface area contributed by atoms with E-state index in [2.05, 4.69) is 26.9 Å². The van der Waals surface area contributed by atoms with Crippen molar-refractivity contribution in [1.29, 1.82) is 0 Å². The number of hydrogen-bond acceptors (Lipinski definition) is 4. The molecular formula is C30H34N4O3. The summed E-state index contributed by atoms with van der Waals surface area (Å²) in [6.07, 6.45) is 3.09. The van der Waals surface area contributed by atoms with Crippen molar-refractivity contribution >= 4 is 34.8 Å². The lowest BCUT2D eigenvalue weighted by Crippen LogP contribution is -2.47. The van der Waals surface area contributed by atoms with Crippen LogP contribution in [0.1, 0.15) is 53.8 Å². The van der Waals surface area contributed by atoms with Crippen LogP contribution in [0.4, 0.5) is 17.1 Å². The number of carbonyl (C=O) groups is 3. The van der Waals surface area contributed by atoms with Crippen LogP contribution >= 0.6 is 0 Å². The van der Waals surface area contributed by atoms with Crippen molar-refractivity contribution < 1.29 is 14.4 Å². The summed E-state index contributed by atoms with van der Waals surface area (Å²) < 4.78 is 0. The Morgan fingerprint density at radius 2 is 1.46 bits per heavy atom. The number of benzene rings is 3. The van der Waals surface area contributed by atoms with Crippen LogP contribution in [0.15, 0.2) is 78.9 Å². The highest BCUT2D eigenvalue weighted by Crippen LogP contribution is 2.24. The topological polar surface area (TPSA) is 90.5 Å². The van der Waals surface area contributed by atoms with Crippen LogP contribution in [0, 0.1) is 5.92 Å². The predicted octanol–water partition coefficient (Wildman–Crippen LogP) is 5.32. The molecule has 2 unspecified atom stereocenters. The second-order valence-corrected chi connectivity index (χ2v) is 9.47. The smallest absolute Gasteiger partial charge is 0.255 e. The highest BCUT2D eigenvalue weighted by Gasteiger charge is 2.27. The lowest BCUT2D eigenvalue weighted by Gasteiger charge is -2.24. The van der Waals surface area contributed by atoms with Crippen LogP contribution in [0.5, 0.6) is 0 Å². The van der Waals surface area contributed by atoms with E-state index < -0.39 is 6.04 Å². The van der Waals surface area contributed by atoms with Crippen LogP contribution in [-0.2, 0) is 4.79 Å². The van der Waals surface area contributed by atoms with E-state index in [4.69, 9.17) is 0 Å². The fraction of sp³-hybridized carbons (Fsp3) is 0.300. The first-order valence-corrected chi connectivity index (χ1v) is 12.9. The van der Waals surface area contributed by atoms with Crippen molar-refractivity contribution in [2.45, 2.75) is 39.2 Å². The molecule has 0 spiro atoms. The highest BCUT2D eigenvalue weighted by molar-refractivity contribution is 6.05. The fourth-order valence-electron chi connectivity index (χ4n) is 4.40. The summed E-state index contributed by atoms with van der Waals surface area (Å²) in [6, 6.07) is 22.7. The Morgan fingerprint density at radius 1 is 0.784 bits per heavy atom. The normalized spacial score (nSPS) is 14.5. The van der Waals surface area contributed by atoms with E-state index in [-0.39, 0.29) is 23.6 Å². The summed E-state index contributed by atoms with van der Waals surface area (Å²) in [6.45, 7) is 6.00. The summed E-state index contributed by atoms with van der Waals surface area (Å²) in [5.74, 6) is -0.865. The molecule has 0 radical (unpaired) electrons. The number of nitrogens with one attached hydrogen (secondary N) is 3. The van der Waals surface area contributed by atoms with Crippen molar-refractivity contribution in [3.63, 3.8) is 0 Å². The minimum absolute atomic E-state index is 0.0600. The molecule has 37 heavy (non-hydrogen) atoms. The third-order valence-electron chi connectivity index (χ3n) is 6.81. The van der Waals surface area contributed by atoms with Crippen molar-refractivity contribution in [2.75, 3.05) is 28.6 Å². The molecule has 1 saturated heterocycles. The number of rotatable bonds is 9. The SMILES string of the molecule is CCC(C)C(NC(=O)c1ccc(NC(=O)c2ccccc2)cc1)C(=O)Nc1cccc(N2CCCC2)c1. The largest absolute Gasteiger partial charge is 0.371 e. The van der Waals surface area contributed by atoms with Crippen LogP contribution in [-0.4, -0.2) is 36.9 Å². The molecule has 3 aromatic rings. The van der Waals surface area contributed by atoms with Gasteiger partial charge in [0.2, 0.25) is 5.91 Å². The van der Waals surface area contributed by atoms with Gasteiger partial charge < -0.3 is 20.9 Å². The number of carbonyl (C=O) groups excluding carboxylic acids is 3. The van der Waals surface area contributed by atoms with Crippen molar-refractivity contribution in [2.24, 2.45) is 5.92 Å². The third-order valence-corrected chi connectivity index (χ3v) is 6.81. The van der Waals surface area contributed by atoms with Crippen molar-refractivity contribution in [3.8, 4) is 0 Å². The average Bonchev–Trinajstić information content (AvgIpc) is 3.47. The Hall–Kier alpha value is -4.13. The summed E-state index contributed by atoms with van der Waals surface area (Å²) in [5, 5.41) is 8.73. The zero-order chi connectivity index (χ0) is 26.2. The molecule has 0 saturated carbocycles. The van der Waals surface area contributed by atoms with E-state index >= 15 is 0 Å². The van der Waals surface area contributed by atoms with Crippen LogP contribution < -0.4 is 20.9 Å². The molecule has 3 aromatic carbocycles. The average molecular weight is 499 g/mol. The van der Waals surface area contributed by atoms with Gasteiger partial charge in [0, 0.05) is 41.3 Å². The Bertz CT molecular complexity index is 1220. The Balaban J connectivity index is 1.40. The summed E-state index contributed by atoms with van der Waals surface area (Å²) in [4.78, 5) is 41.0. The summed E-state index contributed by atoms with van der Waals surface area (Å²) in [7, 11) is 0. The molecule has 0 aliphatic carbocycles. The molecule has 192 valence electrons. The number of anilines is 3. The van der Waals surface area contributed by atoms with Crippen molar-refractivity contribution in [3.05, 3.63) is 90.0 Å². The highest BCUT2D eigenvalue weighted by atomic mass is 16.2. The maximum absolute atomic E-state index is 13.2. The van der Waals surface area contributed by atoms with E-state index in [0.29, 0.717) is 16.8 Å². The number of nitrogens with zero attached hydrogens (tertiary/aromatic N) is 1. The molecule has 0 aromatic heterocycles. The minimum Gasteiger partial charge on any atom is -0.371 e. The molecule has 2 atom stereocenters. The molecule has 3 amide bonds. The van der Waals surface area contributed by atoms with Gasteiger partial charge in [-0.1, -0.05) is 44.5 Å². The second kappa shape index (κ2) is 12.2. The van der Waals surface area contributed by atoms with Gasteiger partial charge in [-0.2, -0.15) is 0 Å². The first-order chi connectivity index (χ1) is 17.9. The second-order valence-electron chi connectivity index (χ2n) is 9.47. The number of hydrogen-bond donors (Lipinski definition) is 3. The van der Waals surface area contributed by atoms with E-state index in [1.54, 1.807) is 48.5 Å². The van der Waals surface area contributed by atoms with Crippen molar-refractivity contribution in [1.82, 2.24) is 5.32 Å². The zero-order valence-electron chi connectivity index (χ0n) is 21.4. The predicted molar refractivity (Wildman–Crippen MR) is 148 cm³/mol. The Morgan fingerprint density at radius 3 is 2.14 bits per heavy atom. The minimum atomic E-state index is -0.689. The van der Waals surface area contributed by atoms with Gasteiger partial charge in [-0.3, -0.25) is 14.4 Å². The van der Waals surface area contributed by atoms with E-state index in [1.807, 2.05) is 38.1 Å². The lowest BCUT2D eigenvalue weighted by molar-refractivity contribution is -0.119. The quantitative estimate of drug-likeness (QED) is 0.372. The first kappa shape index (κ1) is 25.9. The third kappa shape index (κ3) is 6.76. The molecule has 3 N–H and O–H groups in total. The van der Waals surface area contributed by atoms with Gasteiger partial charge in [-0.15, -0.1) is 0 Å². The van der Waals surface area contributed by atoms with Gasteiger partial charge in [-0.25, -0.2) is 0 Å². The first-order valence-electron chi connectivity index (χ1n) is 12.9. The van der Waals surface area contributed by atoms with E-state index in [0.717, 1.165) is 30.9 Å². The number of amides is 3. The Labute approximate surface area is 218 Å². The zero-order valence-corrected chi connectivity index (χ0v) is 21.4. The lowest BCUT2D eigenvalue weighted by atomic mass is 9.97. The fourth-order valence-corrected chi connectivity index (χ4v) is 4.40.